The number of carbonyl (C=O) groups excluding carboxylic acids is 1. The van der Waals surface area contributed by atoms with Crippen LogP contribution in [0, 0.1) is 5.82 Å². The molecule has 2 rings (SSSR count). The minimum atomic E-state index is -0.483. The van der Waals surface area contributed by atoms with Crippen LogP contribution >= 0.6 is 11.6 Å². The Balaban J connectivity index is 1.70. The summed E-state index contributed by atoms with van der Waals surface area (Å²) in [6, 6.07) is 4.47. The van der Waals surface area contributed by atoms with Crippen molar-refractivity contribution in [2.24, 2.45) is 0 Å². The van der Waals surface area contributed by atoms with E-state index in [1.807, 2.05) is 0 Å². The third kappa shape index (κ3) is 4.85. The molecule has 110 valence electrons. The molecule has 1 aliphatic rings. The van der Waals surface area contributed by atoms with Gasteiger partial charge in [-0.2, -0.15) is 0 Å². The average molecular weight is 300 g/mol. The lowest BCUT2D eigenvalue weighted by Crippen LogP contribution is -2.32. The second kappa shape index (κ2) is 7.72. The molecule has 1 aliphatic heterocycles. The van der Waals surface area contributed by atoms with Gasteiger partial charge < -0.3 is 10.1 Å². The smallest absolute Gasteiger partial charge is 0.142 e. The van der Waals surface area contributed by atoms with Crippen LogP contribution in [-0.4, -0.2) is 31.6 Å². The number of halogens is 2. The fraction of sp³-hybridized carbons (Fsp3) is 0.533. The topological polar surface area (TPSA) is 38.3 Å². The molecule has 0 spiro atoms. The average Bonchev–Trinajstić information content (AvgIpc) is 2.44. The Bertz CT molecular complexity index is 461. The van der Waals surface area contributed by atoms with Crippen molar-refractivity contribution in [2.45, 2.75) is 31.8 Å². The highest BCUT2D eigenvalue weighted by Crippen LogP contribution is 2.16. The van der Waals surface area contributed by atoms with Gasteiger partial charge in [-0.3, -0.25) is 4.79 Å². The van der Waals surface area contributed by atoms with E-state index < -0.39 is 5.82 Å². The molecule has 1 fully saturated rings. The Morgan fingerprint density at radius 3 is 2.85 bits per heavy atom. The quantitative estimate of drug-likeness (QED) is 0.878. The third-order valence-electron chi connectivity index (χ3n) is 3.41. The predicted molar refractivity (Wildman–Crippen MR) is 76.6 cm³/mol. The van der Waals surface area contributed by atoms with Crippen LogP contribution in [0.1, 0.15) is 24.8 Å². The molecule has 0 amide bonds. The zero-order chi connectivity index (χ0) is 14.4. The molecule has 1 heterocycles. The standard InChI is InChI=1S/C15H19ClFNO2/c16-14-2-1-11(10-15(14)17)9-12(19)5-8-20-13-3-6-18-7-4-13/h1-2,10,13,18H,3-9H2. The maximum Gasteiger partial charge on any atom is 0.142 e. The molecule has 5 heteroatoms. The number of carbonyl (C=O) groups is 1. The van der Waals surface area contributed by atoms with Crippen molar-refractivity contribution in [1.29, 1.82) is 0 Å². The van der Waals surface area contributed by atoms with Crippen molar-refractivity contribution >= 4 is 17.4 Å². The summed E-state index contributed by atoms with van der Waals surface area (Å²) in [5.41, 5.74) is 0.652. The minimum Gasteiger partial charge on any atom is -0.378 e. The Morgan fingerprint density at radius 2 is 2.15 bits per heavy atom. The van der Waals surface area contributed by atoms with Crippen LogP contribution in [-0.2, 0) is 16.0 Å². The van der Waals surface area contributed by atoms with Crippen molar-refractivity contribution in [3.63, 3.8) is 0 Å². The number of ether oxygens (including phenoxy) is 1. The molecule has 0 saturated carbocycles. The molecular formula is C15H19ClFNO2. The largest absolute Gasteiger partial charge is 0.378 e. The van der Waals surface area contributed by atoms with Gasteiger partial charge in [-0.1, -0.05) is 17.7 Å². The molecular weight excluding hydrogens is 281 g/mol. The number of hydrogen-bond donors (Lipinski definition) is 1. The van der Waals surface area contributed by atoms with Gasteiger partial charge in [0.15, 0.2) is 0 Å². The summed E-state index contributed by atoms with van der Waals surface area (Å²) in [5, 5.41) is 3.34. The number of piperidine rings is 1. The highest BCUT2D eigenvalue weighted by Gasteiger charge is 2.14. The van der Waals surface area contributed by atoms with Crippen LogP contribution in [0.2, 0.25) is 5.02 Å². The van der Waals surface area contributed by atoms with Crippen LogP contribution in [0.5, 0.6) is 0 Å². The summed E-state index contributed by atoms with van der Waals surface area (Å²) < 4.78 is 18.9. The Labute approximate surface area is 123 Å². The number of benzene rings is 1. The zero-order valence-electron chi connectivity index (χ0n) is 11.3. The van der Waals surface area contributed by atoms with Crippen LogP contribution in [0.4, 0.5) is 4.39 Å². The lowest BCUT2D eigenvalue weighted by molar-refractivity contribution is -0.120. The summed E-state index contributed by atoms with van der Waals surface area (Å²) in [6.07, 6.45) is 2.85. The van der Waals surface area contributed by atoms with Gasteiger partial charge in [0, 0.05) is 12.8 Å². The molecule has 1 saturated heterocycles. The number of ketones is 1. The molecule has 1 aromatic carbocycles. The number of nitrogens with one attached hydrogen (secondary N) is 1. The molecule has 0 atom stereocenters. The monoisotopic (exact) mass is 299 g/mol. The van der Waals surface area contributed by atoms with Crippen molar-refractivity contribution < 1.29 is 13.9 Å². The van der Waals surface area contributed by atoms with Crippen molar-refractivity contribution in [3.8, 4) is 0 Å². The Hall–Kier alpha value is -0.970. The first-order valence-electron chi connectivity index (χ1n) is 6.93. The van der Waals surface area contributed by atoms with E-state index in [-0.39, 0.29) is 23.3 Å². The van der Waals surface area contributed by atoms with E-state index in [0.29, 0.717) is 18.6 Å². The first kappa shape index (κ1) is 15.4. The summed E-state index contributed by atoms with van der Waals surface area (Å²) in [7, 11) is 0. The summed E-state index contributed by atoms with van der Waals surface area (Å²) in [4.78, 5) is 11.8. The highest BCUT2D eigenvalue weighted by atomic mass is 35.5. The van der Waals surface area contributed by atoms with Crippen LogP contribution in [0.15, 0.2) is 18.2 Å². The number of rotatable bonds is 6. The minimum absolute atomic E-state index is 0.0562. The molecule has 0 aliphatic carbocycles. The second-order valence-electron chi connectivity index (χ2n) is 5.03. The van der Waals surface area contributed by atoms with Crippen LogP contribution in [0.3, 0.4) is 0 Å². The molecule has 0 radical (unpaired) electrons. The first-order valence-corrected chi connectivity index (χ1v) is 7.31. The molecule has 20 heavy (non-hydrogen) atoms. The number of hydrogen-bond acceptors (Lipinski definition) is 3. The highest BCUT2D eigenvalue weighted by molar-refractivity contribution is 6.30. The summed E-state index contributed by atoms with van der Waals surface area (Å²) in [6.45, 7) is 2.39. The zero-order valence-corrected chi connectivity index (χ0v) is 12.1. The van der Waals surface area contributed by atoms with E-state index >= 15 is 0 Å². The normalized spacial score (nSPS) is 16.3. The maximum atomic E-state index is 13.3. The molecule has 0 aromatic heterocycles. The molecule has 1 N–H and O–H groups in total. The summed E-state index contributed by atoms with van der Waals surface area (Å²) in [5.74, 6) is -0.427. The van der Waals surface area contributed by atoms with E-state index in [1.165, 1.54) is 12.1 Å². The van der Waals surface area contributed by atoms with Gasteiger partial charge in [0.1, 0.15) is 11.6 Å². The van der Waals surface area contributed by atoms with Gasteiger partial charge >= 0.3 is 0 Å². The second-order valence-corrected chi connectivity index (χ2v) is 5.44. The number of Topliss-reactive ketones (excluding diaryl/α,β-unsaturated/α-hetero) is 1. The van der Waals surface area contributed by atoms with Crippen molar-refractivity contribution in [2.75, 3.05) is 19.7 Å². The SMILES string of the molecule is O=C(CCOC1CCNCC1)Cc1ccc(Cl)c(F)c1. The molecule has 3 nitrogen and oxygen atoms in total. The Morgan fingerprint density at radius 1 is 1.40 bits per heavy atom. The molecule has 0 unspecified atom stereocenters. The maximum absolute atomic E-state index is 13.3. The lowest BCUT2D eigenvalue weighted by atomic mass is 10.1. The lowest BCUT2D eigenvalue weighted by Gasteiger charge is -2.22. The van der Waals surface area contributed by atoms with Gasteiger partial charge in [-0.25, -0.2) is 4.39 Å². The van der Waals surface area contributed by atoms with Gasteiger partial charge in [-0.05, 0) is 43.6 Å². The van der Waals surface area contributed by atoms with Gasteiger partial charge in [-0.15, -0.1) is 0 Å². The van der Waals surface area contributed by atoms with Crippen LogP contribution in [0.25, 0.3) is 0 Å². The van der Waals surface area contributed by atoms with Crippen LogP contribution < -0.4 is 5.32 Å². The fourth-order valence-electron chi connectivity index (χ4n) is 2.27. The van der Waals surface area contributed by atoms with E-state index in [4.69, 9.17) is 16.3 Å². The third-order valence-corrected chi connectivity index (χ3v) is 3.71. The van der Waals surface area contributed by atoms with E-state index in [1.54, 1.807) is 6.07 Å². The fourth-order valence-corrected chi connectivity index (χ4v) is 2.38. The Kier molecular flexibility index (Phi) is 5.95. The predicted octanol–water partition coefficient (Wildman–Crippen LogP) is 2.75. The first-order chi connectivity index (χ1) is 9.65. The van der Waals surface area contributed by atoms with Gasteiger partial charge in [0.2, 0.25) is 0 Å². The van der Waals surface area contributed by atoms with Crippen molar-refractivity contribution in [3.05, 3.63) is 34.6 Å². The van der Waals surface area contributed by atoms with E-state index in [0.717, 1.165) is 25.9 Å². The van der Waals surface area contributed by atoms with E-state index in [2.05, 4.69) is 5.32 Å². The molecule has 0 bridgehead atoms. The van der Waals surface area contributed by atoms with Gasteiger partial charge in [0.05, 0.1) is 17.7 Å². The summed E-state index contributed by atoms with van der Waals surface area (Å²) >= 11 is 5.60. The molecule has 1 aromatic rings. The van der Waals surface area contributed by atoms with Gasteiger partial charge in [0.25, 0.3) is 0 Å². The van der Waals surface area contributed by atoms with E-state index in [9.17, 15) is 9.18 Å². The van der Waals surface area contributed by atoms with Crippen molar-refractivity contribution in [1.82, 2.24) is 5.32 Å².